The van der Waals surface area contributed by atoms with Crippen LogP contribution in [0.5, 0.6) is 5.75 Å². The fourth-order valence-electron chi connectivity index (χ4n) is 2.29. The van der Waals surface area contributed by atoms with E-state index in [1.54, 1.807) is 13.2 Å². The average molecular weight is 369 g/mol. The van der Waals surface area contributed by atoms with E-state index in [-0.39, 0.29) is 22.8 Å². The topological polar surface area (TPSA) is 107 Å². The van der Waals surface area contributed by atoms with Crippen LogP contribution in [0.4, 0.5) is 0 Å². The van der Waals surface area contributed by atoms with Crippen LogP contribution in [0.1, 0.15) is 6.92 Å². The first kappa shape index (κ1) is 19.3. The summed E-state index contributed by atoms with van der Waals surface area (Å²) in [7, 11) is 1.59. The van der Waals surface area contributed by atoms with Gasteiger partial charge in [0.2, 0.25) is 0 Å². The maximum absolute atomic E-state index is 12.2. The third-order valence-electron chi connectivity index (χ3n) is 3.49. The van der Waals surface area contributed by atoms with E-state index in [1.807, 2.05) is 34.9 Å². The number of rotatable bonds is 8. The summed E-state index contributed by atoms with van der Waals surface area (Å²) in [4.78, 5) is 12.2. The lowest BCUT2D eigenvalue weighted by atomic mass is 10.2. The van der Waals surface area contributed by atoms with Crippen molar-refractivity contribution in [1.82, 2.24) is 14.8 Å². The number of allylic oxidation sites excluding steroid dienone is 3. The Kier molecular flexibility index (Phi) is 6.58. The molecule has 0 saturated carbocycles. The zero-order valence-corrected chi connectivity index (χ0v) is 15.4. The van der Waals surface area contributed by atoms with E-state index < -0.39 is 0 Å². The number of thioether (sulfide) groups is 1. The maximum atomic E-state index is 12.2. The molecule has 0 atom stereocenters. The lowest BCUT2D eigenvalue weighted by Crippen LogP contribution is -2.11. The molecule has 0 bridgehead atoms. The van der Waals surface area contributed by atoms with Gasteiger partial charge in [-0.05, 0) is 19.1 Å². The molecule has 0 spiro atoms. The van der Waals surface area contributed by atoms with Gasteiger partial charge >= 0.3 is 0 Å². The van der Waals surface area contributed by atoms with E-state index in [0.29, 0.717) is 23.3 Å². The fraction of sp³-hybridized carbons (Fsp3) is 0.222. The number of ketones is 1. The number of nitriles is 1. The Morgan fingerprint density at radius 2 is 2.19 bits per heavy atom. The molecule has 2 N–H and O–H groups in total. The maximum Gasteiger partial charge on any atom is 0.192 e. The Morgan fingerprint density at radius 3 is 2.81 bits per heavy atom. The normalized spacial score (nSPS) is 11.4. The average Bonchev–Trinajstić information content (AvgIpc) is 3.03. The van der Waals surface area contributed by atoms with Crippen LogP contribution in [0.3, 0.4) is 0 Å². The van der Waals surface area contributed by atoms with Gasteiger partial charge in [0, 0.05) is 12.2 Å². The van der Waals surface area contributed by atoms with E-state index in [9.17, 15) is 4.79 Å². The molecular formula is C18H19N5O2S. The highest BCUT2D eigenvalue weighted by Gasteiger charge is 2.19. The molecule has 0 saturated heterocycles. The molecular weight excluding hydrogens is 350 g/mol. The van der Waals surface area contributed by atoms with Crippen molar-refractivity contribution in [3.8, 4) is 23.2 Å². The number of Topliss-reactive ketones (excluding diaryl/α,β-unsaturated/α-hetero) is 1. The second-order valence-electron chi connectivity index (χ2n) is 5.29. The predicted molar refractivity (Wildman–Crippen MR) is 100 cm³/mol. The number of carbonyl (C=O) groups is 1. The Morgan fingerprint density at radius 1 is 1.46 bits per heavy atom. The number of hydrogen-bond acceptors (Lipinski definition) is 7. The van der Waals surface area contributed by atoms with Crippen molar-refractivity contribution >= 4 is 17.5 Å². The minimum Gasteiger partial charge on any atom is -0.496 e. The van der Waals surface area contributed by atoms with E-state index in [4.69, 9.17) is 15.7 Å². The first-order valence-electron chi connectivity index (χ1n) is 7.73. The summed E-state index contributed by atoms with van der Waals surface area (Å²) < 4.78 is 7.23. The summed E-state index contributed by atoms with van der Waals surface area (Å²) in [6, 6.07) is 9.32. The van der Waals surface area contributed by atoms with E-state index >= 15 is 0 Å². The molecule has 0 radical (unpaired) electrons. The summed E-state index contributed by atoms with van der Waals surface area (Å²) in [6.45, 7) is 5.76. The molecule has 0 aliphatic rings. The first-order chi connectivity index (χ1) is 12.5. The Labute approximate surface area is 156 Å². The van der Waals surface area contributed by atoms with E-state index in [1.165, 1.54) is 18.7 Å². The zero-order valence-electron chi connectivity index (χ0n) is 14.6. The summed E-state index contributed by atoms with van der Waals surface area (Å²) in [5, 5.41) is 18.0. The molecule has 26 heavy (non-hydrogen) atoms. The van der Waals surface area contributed by atoms with Crippen molar-refractivity contribution in [3.63, 3.8) is 0 Å². The monoisotopic (exact) mass is 369 g/mol. The van der Waals surface area contributed by atoms with Gasteiger partial charge in [0.25, 0.3) is 0 Å². The van der Waals surface area contributed by atoms with Crippen molar-refractivity contribution < 1.29 is 9.53 Å². The van der Waals surface area contributed by atoms with Gasteiger partial charge in [0.15, 0.2) is 16.8 Å². The lowest BCUT2D eigenvalue weighted by Gasteiger charge is -2.10. The number of benzene rings is 1. The van der Waals surface area contributed by atoms with Crippen molar-refractivity contribution in [3.05, 3.63) is 48.2 Å². The van der Waals surface area contributed by atoms with Crippen LogP contribution in [0.25, 0.3) is 11.4 Å². The van der Waals surface area contributed by atoms with Crippen molar-refractivity contribution in [2.24, 2.45) is 5.73 Å². The molecule has 1 aromatic heterocycles. The number of nitrogens with zero attached hydrogens (tertiary/aromatic N) is 4. The zero-order chi connectivity index (χ0) is 19.1. The molecule has 8 heteroatoms. The highest BCUT2D eigenvalue weighted by molar-refractivity contribution is 7.99. The van der Waals surface area contributed by atoms with Crippen LogP contribution in [0.2, 0.25) is 0 Å². The summed E-state index contributed by atoms with van der Waals surface area (Å²) in [5.74, 6) is 0.984. The predicted octanol–water partition coefficient (Wildman–Crippen LogP) is 2.56. The number of aromatic nitrogens is 3. The second kappa shape index (κ2) is 8.87. The first-order valence-corrected chi connectivity index (χ1v) is 8.72. The second-order valence-corrected chi connectivity index (χ2v) is 6.23. The molecule has 0 aliphatic carbocycles. The SMILES string of the molecule is C=CCn1c(SCC(=O)C(C#N)=C(C)N)nnc1-c1ccccc1OC. The van der Waals surface area contributed by atoms with E-state index in [0.717, 1.165) is 5.56 Å². The van der Waals surface area contributed by atoms with Gasteiger partial charge in [-0.1, -0.05) is 30.0 Å². The highest BCUT2D eigenvalue weighted by atomic mass is 32.2. The number of nitrogens with two attached hydrogens (primary N) is 1. The van der Waals surface area contributed by atoms with Gasteiger partial charge in [-0.15, -0.1) is 16.8 Å². The smallest absolute Gasteiger partial charge is 0.192 e. The summed E-state index contributed by atoms with van der Waals surface area (Å²) in [5.41, 5.74) is 6.54. The van der Waals surface area contributed by atoms with Crippen LogP contribution in [0.15, 0.2) is 53.3 Å². The Balaban J connectivity index is 2.33. The molecule has 0 unspecified atom stereocenters. The van der Waals surface area contributed by atoms with Crippen LogP contribution in [-0.4, -0.2) is 33.4 Å². The van der Waals surface area contributed by atoms with Gasteiger partial charge in [-0.2, -0.15) is 5.26 Å². The fourth-order valence-corrected chi connectivity index (χ4v) is 3.11. The van der Waals surface area contributed by atoms with Gasteiger partial charge in [-0.25, -0.2) is 0 Å². The summed E-state index contributed by atoms with van der Waals surface area (Å²) >= 11 is 1.20. The molecule has 134 valence electrons. The van der Waals surface area contributed by atoms with Gasteiger partial charge in [0.1, 0.15) is 17.4 Å². The third-order valence-corrected chi connectivity index (χ3v) is 4.46. The number of ether oxygens (including phenoxy) is 1. The van der Waals surface area contributed by atoms with Gasteiger partial charge < -0.3 is 10.5 Å². The quantitative estimate of drug-likeness (QED) is 0.330. The minimum atomic E-state index is -0.343. The molecule has 1 aromatic carbocycles. The van der Waals surface area contributed by atoms with Crippen molar-refractivity contribution in [1.29, 1.82) is 5.26 Å². The molecule has 1 heterocycles. The third kappa shape index (κ3) is 4.13. The number of hydrogen-bond donors (Lipinski definition) is 1. The van der Waals surface area contributed by atoms with E-state index in [2.05, 4.69) is 16.8 Å². The molecule has 2 aromatic rings. The van der Waals surface area contributed by atoms with Crippen molar-refractivity contribution in [2.75, 3.05) is 12.9 Å². The van der Waals surface area contributed by atoms with Crippen LogP contribution in [0, 0.1) is 11.3 Å². The molecule has 2 rings (SSSR count). The number of methoxy groups -OCH3 is 1. The largest absolute Gasteiger partial charge is 0.496 e. The van der Waals surface area contributed by atoms with Crippen molar-refractivity contribution in [2.45, 2.75) is 18.6 Å². The van der Waals surface area contributed by atoms with Gasteiger partial charge in [0.05, 0.1) is 18.4 Å². The summed E-state index contributed by atoms with van der Waals surface area (Å²) in [6.07, 6.45) is 1.72. The van der Waals surface area contributed by atoms with Crippen LogP contribution in [-0.2, 0) is 11.3 Å². The van der Waals surface area contributed by atoms with Crippen LogP contribution < -0.4 is 10.5 Å². The molecule has 0 fully saturated rings. The number of para-hydroxylation sites is 1. The number of carbonyl (C=O) groups excluding carboxylic acids is 1. The highest BCUT2D eigenvalue weighted by Crippen LogP contribution is 2.31. The molecule has 0 aliphatic heterocycles. The minimum absolute atomic E-state index is 0.0303. The van der Waals surface area contributed by atoms with Gasteiger partial charge in [-0.3, -0.25) is 9.36 Å². The standard InChI is InChI=1S/C18H19N5O2S/c1-4-9-23-17(13-7-5-6-8-16(13)25-3)21-22-18(23)26-11-15(24)14(10-19)12(2)20/h4-8H,1,9,11,20H2,2-3H3. The Bertz CT molecular complexity index is 891. The van der Waals surface area contributed by atoms with Crippen LogP contribution >= 0.6 is 11.8 Å². The Hall–Kier alpha value is -3.05. The molecule has 0 amide bonds. The lowest BCUT2D eigenvalue weighted by molar-refractivity contribution is -0.112. The molecule has 7 nitrogen and oxygen atoms in total.